The number of rotatable bonds is 7. The largest absolute Gasteiger partial charge is 0.491 e. The van der Waals surface area contributed by atoms with E-state index in [2.05, 4.69) is 10.6 Å². The van der Waals surface area contributed by atoms with Crippen LogP contribution in [0.2, 0.25) is 0 Å². The number of amides is 1. The Balaban J connectivity index is 1.76. The highest BCUT2D eigenvalue weighted by molar-refractivity contribution is 5.90. The molecule has 0 unspecified atom stereocenters. The first-order valence-electron chi connectivity index (χ1n) is 7.69. The fraction of sp³-hybridized carbons (Fsp3) is 0.278. The molecular weight excluding hydrogens is 314 g/mol. The van der Waals surface area contributed by atoms with Crippen LogP contribution in [0, 0.1) is 11.6 Å². The fourth-order valence-corrected chi connectivity index (χ4v) is 2.04. The zero-order chi connectivity index (χ0) is 17.5. The molecule has 6 heteroatoms. The van der Waals surface area contributed by atoms with Gasteiger partial charge in [0.2, 0.25) is 5.91 Å². The Morgan fingerprint density at radius 3 is 2.33 bits per heavy atom. The van der Waals surface area contributed by atoms with E-state index in [-0.39, 0.29) is 24.1 Å². The molecule has 0 aromatic heterocycles. The molecule has 2 aromatic rings. The summed E-state index contributed by atoms with van der Waals surface area (Å²) >= 11 is 0. The molecule has 0 spiro atoms. The van der Waals surface area contributed by atoms with E-state index >= 15 is 0 Å². The van der Waals surface area contributed by atoms with Gasteiger partial charge in [-0.1, -0.05) is 0 Å². The molecule has 0 aliphatic carbocycles. The van der Waals surface area contributed by atoms with E-state index in [1.165, 1.54) is 6.07 Å². The molecule has 4 nitrogen and oxygen atoms in total. The highest BCUT2D eigenvalue weighted by Gasteiger charge is 2.06. The Kier molecular flexibility index (Phi) is 6.12. The summed E-state index contributed by atoms with van der Waals surface area (Å²) in [5.41, 5.74) is 1.10. The predicted molar refractivity (Wildman–Crippen MR) is 90.3 cm³/mol. The Hall–Kier alpha value is -2.63. The van der Waals surface area contributed by atoms with E-state index in [4.69, 9.17) is 4.74 Å². The van der Waals surface area contributed by atoms with Gasteiger partial charge in [-0.3, -0.25) is 4.79 Å². The molecule has 128 valence electrons. The van der Waals surface area contributed by atoms with Crippen molar-refractivity contribution in [1.29, 1.82) is 0 Å². The summed E-state index contributed by atoms with van der Waals surface area (Å²) < 4.78 is 31.4. The Morgan fingerprint density at radius 2 is 1.71 bits per heavy atom. The van der Waals surface area contributed by atoms with E-state index in [1.807, 2.05) is 38.1 Å². The summed E-state index contributed by atoms with van der Waals surface area (Å²) in [5, 5.41) is 5.63. The van der Waals surface area contributed by atoms with E-state index in [0.29, 0.717) is 6.54 Å². The monoisotopic (exact) mass is 334 g/mol. The second kappa shape index (κ2) is 8.29. The molecule has 0 atom stereocenters. The third-order valence-corrected chi connectivity index (χ3v) is 3.11. The van der Waals surface area contributed by atoms with Crippen LogP contribution >= 0.6 is 0 Å². The van der Waals surface area contributed by atoms with Crippen LogP contribution in [0.1, 0.15) is 20.3 Å². The number of halogens is 2. The molecule has 1 amide bonds. The molecule has 2 N–H and O–H groups in total. The van der Waals surface area contributed by atoms with E-state index < -0.39 is 11.6 Å². The van der Waals surface area contributed by atoms with Crippen molar-refractivity contribution in [3.8, 4) is 5.75 Å². The van der Waals surface area contributed by atoms with E-state index in [1.54, 1.807) is 0 Å². The minimum Gasteiger partial charge on any atom is -0.491 e. The molecule has 0 bridgehead atoms. The molecular formula is C18H20F2N2O2. The van der Waals surface area contributed by atoms with Gasteiger partial charge in [0.1, 0.15) is 5.75 Å². The van der Waals surface area contributed by atoms with Crippen molar-refractivity contribution >= 4 is 17.3 Å². The first kappa shape index (κ1) is 17.7. The number of benzene rings is 2. The first-order valence-corrected chi connectivity index (χ1v) is 7.69. The van der Waals surface area contributed by atoms with Crippen LogP contribution in [0.15, 0.2) is 42.5 Å². The van der Waals surface area contributed by atoms with Gasteiger partial charge in [-0.15, -0.1) is 0 Å². The zero-order valence-electron chi connectivity index (χ0n) is 13.6. The van der Waals surface area contributed by atoms with Crippen LogP contribution < -0.4 is 15.4 Å². The van der Waals surface area contributed by atoms with Gasteiger partial charge in [-0.25, -0.2) is 8.78 Å². The lowest BCUT2D eigenvalue weighted by molar-refractivity contribution is -0.115. The van der Waals surface area contributed by atoms with Gasteiger partial charge in [0.25, 0.3) is 0 Å². The van der Waals surface area contributed by atoms with Crippen LogP contribution in [0.4, 0.5) is 20.2 Å². The van der Waals surface area contributed by atoms with Gasteiger partial charge < -0.3 is 15.4 Å². The van der Waals surface area contributed by atoms with Crippen LogP contribution in [0.25, 0.3) is 0 Å². The molecule has 0 radical (unpaired) electrons. The van der Waals surface area contributed by atoms with Gasteiger partial charge in [0, 0.05) is 30.4 Å². The van der Waals surface area contributed by atoms with Crippen molar-refractivity contribution in [3.05, 3.63) is 54.1 Å². The maximum Gasteiger partial charge on any atom is 0.226 e. The van der Waals surface area contributed by atoms with Crippen molar-refractivity contribution in [2.24, 2.45) is 0 Å². The van der Waals surface area contributed by atoms with Crippen LogP contribution in [0.3, 0.4) is 0 Å². The molecule has 0 heterocycles. The number of nitrogens with one attached hydrogen (secondary N) is 2. The van der Waals surface area contributed by atoms with Crippen LogP contribution in [-0.2, 0) is 4.79 Å². The Labute approximate surface area is 139 Å². The summed E-state index contributed by atoms with van der Waals surface area (Å²) in [6, 6.07) is 10.7. The Morgan fingerprint density at radius 1 is 1.04 bits per heavy atom. The van der Waals surface area contributed by atoms with Gasteiger partial charge in [0.05, 0.1) is 6.10 Å². The minimum atomic E-state index is -0.991. The van der Waals surface area contributed by atoms with Gasteiger partial charge in [0.15, 0.2) is 11.6 Å². The molecule has 0 fully saturated rings. The molecule has 0 saturated heterocycles. The van der Waals surface area contributed by atoms with Gasteiger partial charge in [-0.2, -0.15) is 0 Å². The van der Waals surface area contributed by atoms with Crippen molar-refractivity contribution in [2.75, 3.05) is 17.2 Å². The standard InChI is InChI=1S/C18H20F2N2O2/c1-12(2)24-15-6-3-13(4-7-15)21-10-9-18(23)22-14-5-8-16(19)17(20)11-14/h3-8,11-12,21H,9-10H2,1-2H3,(H,22,23). The highest BCUT2D eigenvalue weighted by Crippen LogP contribution is 2.17. The number of carbonyl (C=O) groups excluding carboxylic acids is 1. The van der Waals surface area contributed by atoms with Crippen molar-refractivity contribution < 1.29 is 18.3 Å². The Bertz CT molecular complexity index is 688. The quantitative estimate of drug-likeness (QED) is 0.798. The minimum absolute atomic E-state index is 0.115. The lowest BCUT2D eigenvalue weighted by atomic mass is 10.2. The summed E-state index contributed by atoms with van der Waals surface area (Å²) in [6.45, 7) is 4.33. The summed E-state index contributed by atoms with van der Waals surface area (Å²) in [6.07, 6.45) is 0.312. The molecule has 24 heavy (non-hydrogen) atoms. The normalized spacial score (nSPS) is 10.5. The number of anilines is 2. The number of hydrogen-bond donors (Lipinski definition) is 2. The SMILES string of the molecule is CC(C)Oc1ccc(NCCC(=O)Nc2ccc(F)c(F)c2)cc1. The average molecular weight is 334 g/mol. The molecule has 2 rings (SSSR count). The van der Waals surface area contributed by atoms with Crippen LogP contribution in [-0.4, -0.2) is 18.6 Å². The first-order chi connectivity index (χ1) is 11.4. The van der Waals surface area contributed by atoms with Gasteiger partial charge >= 0.3 is 0 Å². The number of hydrogen-bond acceptors (Lipinski definition) is 3. The third-order valence-electron chi connectivity index (χ3n) is 3.11. The third kappa shape index (κ3) is 5.53. The highest BCUT2D eigenvalue weighted by atomic mass is 19.2. The smallest absolute Gasteiger partial charge is 0.226 e. The predicted octanol–water partition coefficient (Wildman–Crippen LogP) is 4.19. The number of ether oxygens (including phenoxy) is 1. The van der Waals surface area contributed by atoms with Crippen LogP contribution in [0.5, 0.6) is 5.75 Å². The molecule has 0 saturated carbocycles. The number of carbonyl (C=O) groups is 1. The average Bonchev–Trinajstić information content (AvgIpc) is 2.52. The maximum atomic E-state index is 13.1. The maximum absolute atomic E-state index is 13.1. The summed E-state index contributed by atoms with van der Waals surface area (Å²) in [5.74, 6) is -1.44. The molecule has 0 aliphatic heterocycles. The lowest BCUT2D eigenvalue weighted by Crippen LogP contribution is -2.16. The van der Waals surface area contributed by atoms with Gasteiger partial charge in [-0.05, 0) is 50.2 Å². The molecule has 2 aromatic carbocycles. The van der Waals surface area contributed by atoms with Crippen molar-refractivity contribution in [3.63, 3.8) is 0 Å². The molecule has 0 aliphatic rings. The summed E-state index contributed by atoms with van der Waals surface area (Å²) in [4.78, 5) is 11.8. The summed E-state index contributed by atoms with van der Waals surface area (Å²) in [7, 11) is 0. The van der Waals surface area contributed by atoms with E-state index in [9.17, 15) is 13.6 Å². The zero-order valence-corrected chi connectivity index (χ0v) is 13.6. The fourth-order valence-electron chi connectivity index (χ4n) is 2.04. The van der Waals surface area contributed by atoms with E-state index in [0.717, 1.165) is 23.6 Å². The second-order valence-corrected chi connectivity index (χ2v) is 5.54. The topological polar surface area (TPSA) is 50.4 Å². The lowest BCUT2D eigenvalue weighted by Gasteiger charge is -2.11. The van der Waals surface area contributed by atoms with Crippen molar-refractivity contribution in [1.82, 2.24) is 0 Å². The second-order valence-electron chi connectivity index (χ2n) is 5.54. The van der Waals surface area contributed by atoms with Crippen molar-refractivity contribution in [2.45, 2.75) is 26.4 Å².